The average Bonchev–Trinajstić information content (AvgIpc) is 2.73. The molecule has 33 heavy (non-hydrogen) atoms. The highest BCUT2D eigenvalue weighted by Gasteiger charge is 2.34. The van der Waals surface area contributed by atoms with Gasteiger partial charge < -0.3 is 0 Å². The van der Waals surface area contributed by atoms with Gasteiger partial charge in [-0.15, -0.1) is 0 Å². The first-order valence-corrected chi connectivity index (χ1v) is 10.2. The van der Waals surface area contributed by atoms with Crippen molar-refractivity contribution in [3.05, 3.63) is 95.1 Å². The Kier molecular flexibility index (Phi) is 5.91. The number of alkyl halides is 3. The Bertz CT molecular complexity index is 1330. The second kappa shape index (κ2) is 8.54. The van der Waals surface area contributed by atoms with Gasteiger partial charge in [0, 0.05) is 10.9 Å². The van der Waals surface area contributed by atoms with E-state index in [0.717, 1.165) is 36.6 Å². The van der Waals surface area contributed by atoms with Crippen molar-refractivity contribution in [2.24, 2.45) is 0 Å². The molecule has 0 amide bonds. The Labute approximate surface area is 185 Å². The second-order valence-electron chi connectivity index (χ2n) is 7.74. The van der Waals surface area contributed by atoms with Crippen molar-refractivity contribution in [2.45, 2.75) is 25.9 Å². The van der Waals surface area contributed by atoms with Crippen LogP contribution in [0.3, 0.4) is 0 Å². The molecule has 0 radical (unpaired) electrons. The Morgan fingerprint density at radius 1 is 0.697 bits per heavy atom. The first-order chi connectivity index (χ1) is 15.6. The van der Waals surface area contributed by atoms with Gasteiger partial charge >= 0.3 is 6.18 Å². The third kappa shape index (κ3) is 4.32. The third-order valence-corrected chi connectivity index (χ3v) is 5.47. The van der Waals surface area contributed by atoms with E-state index in [2.05, 4.69) is 0 Å². The van der Waals surface area contributed by atoms with Crippen LogP contribution in [-0.2, 0) is 12.6 Å². The molecule has 0 aliphatic rings. The van der Waals surface area contributed by atoms with Gasteiger partial charge in [0.1, 0.15) is 23.3 Å². The topological polar surface area (TPSA) is 0 Å². The molecule has 0 saturated heterocycles. The number of halogens is 7. The molecule has 0 aliphatic heterocycles. The summed E-state index contributed by atoms with van der Waals surface area (Å²) in [5.74, 6) is -4.60. The lowest BCUT2D eigenvalue weighted by molar-refractivity contribution is -0.139. The third-order valence-electron chi connectivity index (χ3n) is 5.47. The molecule has 0 bridgehead atoms. The van der Waals surface area contributed by atoms with Gasteiger partial charge in [-0.3, -0.25) is 0 Å². The number of hydrogen-bond donors (Lipinski definition) is 0. The number of aryl methyl sites for hydroxylation is 1. The zero-order valence-corrected chi connectivity index (χ0v) is 17.3. The fraction of sp³-hybridized carbons (Fsp3) is 0.154. The monoisotopic (exact) mass is 462 g/mol. The summed E-state index contributed by atoms with van der Waals surface area (Å²) in [4.78, 5) is 0. The van der Waals surface area contributed by atoms with Gasteiger partial charge in [-0.05, 0) is 52.8 Å². The predicted molar refractivity (Wildman–Crippen MR) is 114 cm³/mol. The maximum absolute atomic E-state index is 15.2. The van der Waals surface area contributed by atoms with Gasteiger partial charge in [0.25, 0.3) is 0 Å². The second-order valence-corrected chi connectivity index (χ2v) is 7.74. The normalized spacial score (nSPS) is 11.9. The minimum Gasteiger partial charge on any atom is -0.206 e. The number of rotatable bonds is 4. The van der Waals surface area contributed by atoms with Crippen LogP contribution in [0.15, 0.2) is 60.7 Å². The van der Waals surface area contributed by atoms with Crippen LogP contribution in [0.1, 0.15) is 24.5 Å². The minimum absolute atomic E-state index is 0.0336. The van der Waals surface area contributed by atoms with Gasteiger partial charge in [0.15, 0.2) is 0 Å². The largest absolute Gasteiger partial charge is 0.419 e. The average molecular weight is 462 g/mol. The molecule has 0 N–H and O–H groups in total. The minimum atomic E-state index is -4.94. The summed E-state index contributed by atoms with van der Waals surface area (Å²) in [6.45, 7) is 2.03. The van der Waals surface area contributed by atoms with Crippen molar-refractivity contribution in [1.82, 2.24) is 0 Å². The van der Waals surface area contributed by atoms with E-state index < -0.39 is 46.1 Å². The highest BCUT2D eigenvalue weighted by Crippen LogP contribution is 2.37. The standard InChI is InChI=1S/C26H17F7/c1-2-3-14-4-7-18-15(10-14)5-8-19(25(18)30)17-12-22(28)24(23(29)13-17)16-6-9-20(21(27)11-16)26(31,32)33/h4-13H,2-3H2,1H3. The molecule has 0 aromatic heterocycles. The molecule has 170 valence electrons. The molecule has 7 heteroatoms. The van der Waals surface area contributed by atoms with Crippen molar-refractivity contribution in [2.75, 3.05) is 0 Å². The summed E-state index contributed by atoms with van der Waals surface area (Å²) in [6, 6.07) is 11.7. The molecule has 0 saturated carbocycles. The van der Waals surface area contributed by atoms with Crippen molar-refractivity contribution in [1.29, 1.82) is 0 Å². The fourth-order valence-corrected chi connectivity index (χ4v) is 3.91. The smallest absolute Gasteiger partial charge is 0.206 e. The molecule has 0 atom stereocenters. The predicted octanol–water partition coefficient (Wildman–Crippen LogP) is 8.70. The van der Waals surface area contributed by atoms with E-state index in [4.69, 9.17) is 0 Å². The van der Waals surface area contributed by atoms with Gasteiger partial charge in [-0.1, -0.05) is 49.7 Å². The summed E-state index contributed by atoms with van der Waals surface area (Å²) in [7, 11) is 0. The molecule has 0 unspecified atom stereocenters. The van der Waals surface area contributed by atoms with Crippen LogP contribution in [0, 0.1) is 23.3 Å². The molecule has 4 aromatic rings. The lowest BCUT2D eigenvalue weighted by atomic mass is 9.95. The van der Waals surface area contributed by atoms with Gasteiger partial charge in [0.05, 0.1) is 11.1 Å². The number of benzene rings is 4. The summed E-state index contributed by atoms with van der Waals surface area (Å²) in [5, 5.41) is 0.946. The lowest BCUT2D eigenvalue weighted by Crippen LogP contribution is -2.08. The van der Waals surface area contributed by atoms with Crippen LogP contribution < -0.4 is 0 Å². The molecular formula is C26H17F7. The fourth-order valence-electron chi connectivity index (χ4n) is 3.91. The molecule has 0 nitrogen and oxygen atoms in total. The first kappa shape index (κ1) is 22.8. The lowest BCUT2D eigenvalue weighted by Gasteiger charge is -2.13. The van der Waals surface area contributed by atoms with Crippen LogP contribution in [0.25, 0.3) is 33.0 Å². The summed E-state index contributed by atoms with van der Waals surface area (Å²) in [5.41, 5.74) is -1.71. The Hall–Kier alpha value is -3.35. The highest BCUT2D eigenvalue weighted by atomic mass is 19.4. The molecule has 0 fully saturated rings. The summed E-state index contributed by atoms with van der Waals surface area (Å²) >= 11 is 0. The van der Waals surface area contributed by atoms with E-state index in [1.165, 1.54) is 6.07 Å². The summed E-state index contributed by atoms with van der Waals surface area (Å²) in [6.07, 6.45) is -3.17. The van der Waals surface area contributed by atoms with Crippen LogP contribution >= 0.6 is 0 Å². The Morgan fingerprint density at radius 2 is 1.36 bits per heavy atom. The SMILES string of the molecule is CCCc1ccc2c(F)c(-c3cc(F)c(-c4ccc(C(F)(F)F)c(F)c4)c(F)c3)ccc2c1. The quantitative estimate of drug-likeness (QED) is 0.266. The van der Waals surface area contributed by atoms with Crippen molar-refractivity contribution < 1.29 is 30.7 Å². The van der Waals surface area contributed by atoms with Gasteiger partial charge in [-0.2, -0.15) is 13.2 Å². The molecule has 4 rings (SSSR count). The van der Waals surface area contributed by atoms with E-state index in [0.29, 0.717) is 22.9 Å². The van der Waals surface area contributed by atoms with Crippen molar-refractivity contribution >= 4 is 10.8 Å². The first-order valence-electron chi connectivity index (χ1n) is 10.2. The van der Waals surface area contributed by atoms with E-state index in [1.54, 1.807) is 18.2 Å². The molecule has 0 aliphatic carbocycles. The Balaban J connectivity index is 1.78. The maximum atomic E-state index is 15.2. The molecule has 0 heterocycles. The number of fused-ring (bicyclic) bond motifs is 1. The van der Waals surface area contributed by atoms with E-state index in [1.807, 2.05) is 13.0 Å². The molecule has 4 aromatic carbocycles. The van der Waals surface area contributed by atoms with Crippen LogP contribution in [0.4, 0.5) is 30.7 Å². The van der Waals surface area contributed by atoms with E-state index in [-0.39, 0.29) is 11.1 Å². The van der Waals surface area contributed by atoms with Crippen LogP contribution in [0.5, 0.6) is 0 Å². The van der Waals surface area contributed by atoms with E-state index >= 15 is 4.39 Å². The summed E-state index contributed by atoms with van der Waals surface area (Å²) < 4.78 is 97.0. The number of hydrogen-bond acceptors (Lipinski definition) is 0. The molecular weight excluding hydrogens is 445 g/mol. The van der Waals surface area contributed by atoms with Gasteiger partial charge in [0.2, 0.25) is 0 Å². The van der Waals surface area contributed by atoms with Crippen molar-refractivity contribution in [3.8, 4) is 22.3 Å². The van der Waals surface area contributed by atoms with Gasteiger partial charge in [-0.25, -0.2) is 17.6 Å². The van der Waals surface area contributed by atoms with E-state index in [9.17, 15) is 26.3 Å². The maximum Gasteiger partial charge on any atom is 0.419 e. The zero-order chi connectivity index (χ0) is 23.9. The molecule has 0 spiro atoms. The Morgan fingerprint density at radius 3 is 1.97 bits per heavy atom. The van der Waals surface area contributed by atoms with Crippen LogP contribution in [-0.4, -0.2) is 0 Å². The highest BCUT2D eigenvalue weighted by molar-refractivity contribution is 5.89. The van der Waals surface area contributed by atoms with Crippen LogP contribution in [0.2, 0.25) is 0 Å². The zero-order valence-electron chi connectivity index (χ0n) is 17.3. The van der Waals surface area contributed by atoms with Crippen molar-refractivity contribution in [3.63, 3.8) is 0 Å².